The molecular formula is C48H58N8O4Si. The quantitative estimate of drug-likeness (QED) is 0.105. The summed E-state index contributed by atoms with van der Waals surface area (Å²) in [6.45, 7) is 15.0. The molecule has 2 aromatic heterocycles. The Labute approximate surface area is 359 Å². The number of methoxy groups -OCH3 is 1. The number of benzene rings is 4. The van der Waals surface area contributed by atoms with Crippen LogP contribution in [0.4, 0.5) is 4.79 Å². The Morgan fingerprint density at radius 2 is 1.59 bits per heavy atom. The lowest BCUT2D eigenvalue weighted by Crippen LogP contribution is -2.52. The van der Waals surface area contributed by atoms with Crippen molar-refractivity contribution < 1.29 is 19.1 Å². The van der Waals surface area contributed by atoms with Gasteiger partial charge in [-0.2, -0.15) is 0 Å². The summed E-state index contributed by atoms with van der Waals surface area (Å²) in [4.78, 5) is 63.8. The Morgan fingerprint density at radius 1 is 0.869 bits per heavy atom. The Morgan fingerprint density at radius 3 is 2.30 bits per heavy atom. The van der Waals surface area contributed by atoms with E-state index in [1.54, 1.807) is 0 Å². The third-order valence-electron chi connectivity index (χ3n) is 12.7. The fraction of sp³-hybridized carbons (Fsp3) is 0.396. The average molecular weight is 839 g/mol. The van der Waals surface area contributed by atoms with Crippen LogP contribution in [0, 0.1) is 5.92 Å². The van der Waals surface area contributed by atoms with Gasteiger partial charge in [0, 0.05) is 18.1 Å². The zero-order chi connectivity index (χ0) is 43.0. The molecule has 2 aliphatic heterocycles. The fourth-order valence-corrected chi connectivity index (χ4v) is 12.4. The van der Waals surface area contributed by atoms with Crippen molar-refractivity contribution in [3.8, 4) is 22.4 Å². The van der Waals surface area contributed by atoms with E-state index in [4.69, 9.17) is 14.7 Å². The summed E-state index contributed by atoms with van der Waals surface area (Å²) in [5.74, 6) is 1.52. The first-order valence-electron chi connectivity index (χ1n) is 21.7. The number of rotatable bonds is 12. The smallest absolute Gasteiger partial charge is 0.407 e. The number of likely N-dealkylation sites (N-methyl/N-ethyl adjacent to an activating group) is 1. The van der Waals surface area contributed by atoms with Crippen LogP contribution in [0.1, 0.15) is 75.9 Å². The number of aromatic nitrogens is 4. The molecule has 8 rings (SSSR count). The molecule has 0 spiro atoms. The van der Waals surface area contributed by atoms with Gasteiger partial charge in [-0.3, -0.25) is 14.5 Å². The number of ether oxygens (including phenoxy) is 1. The second-order valence-corrected chi connectivity index (χ2v) is 22.8. The van der Waals surface area contributed by atoms with Crippen LogP contribution in [-0.2, 0) is 14.3 Å². The highest BCUT2D eigenvalue weighted by molar-refractivity contribution is 6.78. The number of nitrogens with zero attached hydrogens (tertiary/aromatic N) is 5. The molecule has 61 heavy (non-hydrogen) atoms. The maximum Gasteiger partial charge on any atom is 0.407 e. The Bertz CT molecular complexity index is 2530. The number of fused-ring (bicyclic) bond motifs is 3. The second-order valence-electron chi connectivity index (χ2n) is 17.7. The summed E-state index contributed by atoms with van der Waals surface area (Å²) in [5, 5.41) is 4.88. The maximum atomic E-state index is 14.3. The van der Waals surface area contributed by atoms with E-state index >= 15 is 0 Å². The van der Waals surface area contributed by atoms with Crippen molar-refractivity contribution in [2.75, 3.05) is 32.9 Å². The largest absolute Gasteiger partial charge is 0.453 e. The van der Waals surface area contributed by atoms with E-state index in [0.717, 1.165) is 93.4 Å². The van der Waals surface area contributed by atoms with Gasteiger partial charge in [-0.15, -0.1) is 0 Å². The fourth-order valence-electron chi connectivity index (χ4n) is 9.48. The molecule has 3 amide bonds. The number of amides is 3. The molecule has 2 saturated heterocycles. The molecule has 4 heterocycles. The number of carbonyl (C=O) groups excluding carboxylic acids is 3. The molecule has 0 radical (unpaired) electrons. The third-order valence-corrected chi connectivity index (χ3v) is 15.4. The minimum absolute atomic E-state index is 0.0992. The first-order chi connectivity index (χ1) is 29.4. The number of likely N-dealkylation sites (tertiary alicyclic amines) is 1. The number of aromatic amines is 2. The summed E-state index contributed by atoms with van der Waals surface area (Å²) in [7, 11) is -0.455. The highest BCUT2D eigenvalue weighted by atomic mass is 28.3. The molecule has 4 atom stereocenters. The minimum Gasteiger partial charge on any atom is -0.453 e. The van der Waals surface area contributed by atoms with Crippen LogP contribution >= 0.6 is 0 Å². The van der Waals surface area contributed by atoms with Crippen molar-refractivity contribution in [1.29, 1.82) is 0 Å². The molecule has 0 aliphatic carbocycles. The number of carbonyl (C=O) groups is 3. The van der Waals surface area contributed by atoms with E-state index in [-0.39, 0.29) is 35.9 Å². The Kier molecular flexibility index (Phi) is 11.9. The lowest BCUT2D eigenvalue weighted by Gasteiger charge is -2.34. The number of hydrogen-bond acceptors (Lipinski definition) is 7. The average Bonchev–Trinajstić information content (AvgIpc) is 4.10. The van der Waals surface area contributed by atoms with Crippen LogP contribution in [0.3, 0.4) is 0 Å². The van der Waals surface area contributed by atoms with E-state index in [2.05, 4.69) is 114 Å². The van der Waals surface area contributed by atoms with Gasteiger partial charge in [0.25, 0.3) is 0 Å². The standard InChI is InChI=1S/C48H58N8O4Si/c1-8-54(9-2)43(33-14-11-10-12-15-33)47(58)55-25-13-16-39(55)44-49-27-38(51-44)32-19-17-31(18-20-32)34-21-23-36-35(26-34)22-24-37-42(36)52-45(50-37)40-28-61(6,7)29-56(40)46(57)41(30(3)4)53-48(59)60-5/h10-12,14-15,17-24,26-27,30,39-41,43H,8-9,13,16,25,28-29H2,1-7H3,(H,49,51)(H,50,52)(H,53,59)/t39-,40-,41-,43+/m0/s1. The first kappa shape index (κ1) is 41.9. The van der Waals surface area contributed by atoms with Gasteiger partial charge in [0.05, 0.1) is 50.2 Å². The molecule has 0 unspecified atom stereocenters. The summed E-state index contributed by atoms with van der Waals surface area (Å²) >= 11 is 0. The summed E-state index contributed by atoms with van der Waals surface area (Å²) in [6, 6.07) is 28.9. The number of hydrogen-bond donors (Lipinski definition) is 3. The van der Waals surface area contributed by atoms with E-state index in [9.17, 15) is 14.4 Å². The van der Waals surface area contributed by atoms with Crippen molar-refractivity contribution in [3.05, 3.63) is 108 Å². The molecule has 2 aliphatic rings. The molecule has 4 aromatic carbocycles. The molecular weight excluding hydrogens is 781 g/mol. The SMILES string of the molecule is CCN(CC)[C@@H](C(=O)N1CCC[C@H]1c1ncc(-c2ccc(-c3ccc4c(ccc5[nH]c([C@@H]6C[Si](C)(C)CN6C(=O)[C@@H](NC(=O)OC)C(C)C)nc54)c3)cc2)[nH]1)c1ccccc1. The lowest BCUT2D eigenvalue weighted by atomic mass is 9.99. The van der Waals surface area contributed by atoms with Crippen molar-refractivity contribution in [3.63, 3.8) is 0 Å². The summed E-state index contributed by atoms with van der Waals surface area (Å²) < 4.78 is 4.84. The van der Waals surface area contributed by atoms with Crippen molar-refractivity contribution in [2.45, 2.75) is 83.8 Å². The molecule has 12 nitrogen and oxygen atoms in total. The molecule has 13 heteroatoms. The zero-order valence-electron chi connectivity index (χ0n) is 36.4. The molecule has 3 N–H and O–H groups in total. The topological polar surface area (TPSA) is 140 Å². The van der Waals surface area contributed by atoms with E-state index in [1.165, 1.54) is 7.11 Å². The van der Waals surface area contributed by atoms with Crippen LogP contribution < -0.4 is 5.32 Å². The Balaban J connectivity index is 1.00. The summed E-state index contributed by atoms with van der Waals surface area (Å²) in [6.07, 6.45) is 3.78. The zero-order valence-corrected chi connectivity index (χ0v) is 37.4. The molecule has 2 fully saturated rings. The third kappa shape index (κ3) is 8.33. The number of H-pyrrole nitrogens is 2. The predicted octanol–water partition coefficient (Wildman–Crippen LogP) is 9.03. The Hall–Kier alpha value is -5.79. The molecule has 0 bridgehead atoms. The van der Waals surface area contributed by atoms with Crippen LogP contribution in [0.25, 0.3) is 44.2 Å². The molecule has 6 aromatic rings. The highest BCUT2D eigenvalue weighted by Crippen LogP contribution is 2.40. The van der Waals surface area contributed by atoms with Gasteiger partial charge in [-0.05, 0) is 77.7 Å². The second kappa shape index (κ2) is 17.3. The van der Waals surface area contributed by atoms with Gasteiger partial charge in [0.15, 0.2) is 0 Å². The van der Waals surface area contributed by atoms with Crippen LogP contribution in [-0.4, -0.2) is 99.6 Å². The maximum absolute atomic E-state index is 14.3. The van der Waals surface area contributed by atoms with E-state index in [1.807, 2.05) is 48.0 Å². The van der Waals surface area contributed by atoms with Gasteiger partial charge in [0.1, 0.15) is 23.7 Å². The number of nitrogens with one attached hydrogen (secondary N) is 3. The van der Waals surface area contributed by atoms with Gasteiger partial charge in [-0.25, -0.2) is 14.8 Å². The molecule has 318 valence electrons. The van der Waals surface area contributed by atoms with Gasteiger partial charge in [0.2, 0.25) is 11.8 Å². The first-order valence-corrected chi connectivity index (χ1v) is 25.1. The van der Waals surface area contributed by atoms with E-state index in [0.29, 0.717) is 12.7 Å². The highest BCUT2D eigenvalue weighted by Gasteiger charge is 2.46. The van der Waals surface area contributed by atoms with Crippen LogP contribution in [0.2, 0.25) is 19.1 Å². The van der Waals surface area contributed by atoms with Gasteiger partial charge >= 0.3 is 6.09 Å². The lowest BCUT2D eigenvalue weighted by molar-refractivity contribution is -0.138. The number of alkyl carbamates (subject to hydrolysis) is 1. The van der Waals surface area contributed by atoms with Crippen LogP contribution in [0.5, 0.6) is 0 Å². The number of imidazole rings is 2. The van der Waals surface area contributed by atoms with Crippen molar-refractivity contribution in [1.82, 2.24) is 40.0 Å². The summed E-state index contributed by atoms with van der Waals surface area (Å²) in [5.41, 5.74) is 6.97. The van der Waals surface area contributed by atoms with E-state index < -0.39 is 20.2 Å². The van der Waals surface area contributed by atoms with Gasteiger partial charge < -0.3 is 29.8 Å². The predicted molar refractivity (Wildman–Crippen MR) is 243 cm³/mol. The van der Waals surface area contributed by atoms with Crippen molar-refractivity contribution in [2.24, 2.45) is 5.92 Å². The monoisotopic (exact) mass is 838 g/mol. The normalized spacial score (nSPS) is 18.6. The minimum atomic E-state index is -1.77. The van der Waals surface area contributed by atoms with Gasteiger partial charge in [-0.1, -0.05) is 114 Å². The molecule has 0 saturated carbocycles. The van der Waals surface area contributed by atoms with Crippen molar-refractivity contribution >= 4 is 47.8 Å². The van der Waals surface area contributed by atoms with Crippen LogP contribution in [0.15, 0.2) is 91.1 Å².